The molecule has 0 atom stereocenters. The molecule has 32 heavy (non-hydrogen) atoms. The first-order valence-electron chi connectivity index (χ1n) is 11.5. The molecule has 2 amide bonds. The second-order valence-corrected chi connectivity index (χ2v) is 8.81. The van der Waals surface area contributed by atoms with Gasteiger partial charge in [-0.3, -0.25) is 9.59 Å². The zero-order valence-corrected chi connectivity index (χ0v) is 18.2. The maximum atomic E-state index is 12.6. The van der Waals surface area contributed by atoms with Gasteiger partial charge in [0, 0.05) is 48.7 Å². The highest BCUT2D eigenvalue weighted by Gasteiger charge is 2.32. The van der Waals surface area contributed by atoms with Crippen LogP contribution >= 0.6 is 0 Å². The van der Waals surface area contributed by atoms with Crippen molar-refractivity contribution >= 4 is 17.5 Å². The number of aryl methyl sites for hydroxylation is 1. The van der Waals surface area contributed by atoms with Crippen molar-refractivity contribution in [3.63, 3.8) is 0 Å². The molecule has 2 aromatic carbocycles. The van der Waals surface area contributed by atoms with E-state index in [4.69, 9.17) is 4.42 Å². The van der Waals surface area contributed by atoms with Gasteiger partial charge < -0.3 is 14.6 Å². The number of benzene rings is 2. The van der Waals surface area contributed by atoms with Gasteiger partial charge in [0.2, 0.25) is 11.8 Å². The van der Waals surface area contributed by atoms with Gasteiger partial charge >= 0.3 is 0 Å². The minimum absolute atomic E-state index is 0.00473. The molecule has 1 N–H and O–H groups in total. The smallest absolute Gasteiger partial charge is 0.225 e. The second-order valence-electron chi connectivity index (χ2n) is 8.81. The summed E-state index contributed by atoms with van der Waals surface area (Å²) >= 11 is 0. The average Bonchev–Trinajstić information content (AvgIpc) is 3.21. The molecule has 3 aromatic rings. The highest BCUT2D eigenvalue weighted by molar-refractivity contribution is 5.91. The molecule has 0 unspecified atom stereocenters. The number of carbonyl (C=O) groups excluding carboxylic acids is 2. The highest BCUT2D eigenvalue weighted by Crippen LogP contribution is 2.33. The lowest BCUT2D eigenvalue weighted by atomic mass is 9.84. The summed E-state index contributed by atoms with van der Waals surface area (Å²) in [7, 11) is 0. The van der Waals surface area contributed by atoms with E-state index in [1.165, 1.54) is 6.42 Å². The molecule has 2 aliphatic rings. The summed E-state index contributed by atoms with van der Waals surface area (Å²) in [6, 6.07) is 19.8. The number of amides is 2. The molecule has 1 aliphatic carbocycles. The molecule has 5 rings (SSSR count). The van der Waals surface area contributed by atoms with Crippen molar-refractivity contribution in [2.24, 2.45) is 5.92 Å². The Bertz CT molecular complexity index is 1110. The minimum atomic E-state index is -0.00473. The standard InChI is InChI=1S/C27H28N2O3/c30-26(13-12-19-6-2-1-3-7-19)28-23-11-5-10-21(16-23)25-17-22-18-29(15-14-24(22)32-25)27(31)20-8-4-9-20/h1-3,5-7,10-11,16-17,20H,4,8-9,12-15,18H2,(H,28,30). The number of fused-ring (bicyclic) bond motifs is 1. The van der Waals surface area contributed by atoms with E-state index in [0.29, 0.717) is 25.3 Å². The summed E-state index contributed by atoms with van der Waals surface area (Å²) < 4.78 is 6.14. The quantitative estimate of drug-likeness (QED) is 0.587. The Morgan fingerprint density at radius 1 is 1.03 bits per heavy atom. The number of hydrogen-bond acceptors (Lipinski definition) is 3. The van der Waals surface area contributed by atoms with E-state index in [2.05, 4.69) is 5.32 Å². The number of rotatable bonds is 6. The van der Waals surface area contributed by atoms with Crippen LogP contribution in [0.4, 0.5) is 5.69 Å². The fraction of sp³-hybridized carbons (Fsp3) is 0.333. The van der Waals surface area contributed by atoms with Gasteiger partial charge in [0.1, 0.15) is 11.5 Å². The lowest BCUT2D eigenvalue weighted by molar-refractivity contribution is -0.139. The van der Waals surface area contributed by atoms with Crippen molar-refractivity contribution in [2.45, 2.75) is 45.1 Å². The van der Waals surface area contributed by atoms with E-state index >= 15 is 0 Å². The fourth-order valence-corrected chi connectivity index (χ4v) is 4.45. The summed E-state index contributed by atoms with van der Waals surface area (Å²) in [6.07, 6.45) is 5.14. The topological polar surface area (TPSA) is 62.6 Å². The Morgan fingerprint density at radius 3 is 2.66 bits per heavy atom. The molecule has 0 saturated heterocycles. The molecule has 0 spiro atoms. The van der Waals surface area contributed by atoms with Crippen LogP contribution in [0.25, 0.3) is 11.3 Å². The Hall–Kier alpha value is -3.34. The molecule has 164 valence electrons. The van der Waals surface area contributed by atoms with E-state index < -0.39 is 0 Å². The number of nitrogens with zero attached hydrogens (tertiary/aromatic N) is 1. The van der Waals surface area contributed by atoms with Crippen LogP contribution in [0.1, 0.15) is 42.6 Å². The van der Waals surface area contributed by atoms with Gasteiger partial charge in [-0.2, -0.15) is 0 Å². The minimum Gasteiger partial charge on any atom is -0.461 e. The third kappa shape index (κ3) is 4.47. The van der Waals surface area contributed by atoms with E-state index in [1.807, 2.05) is 65.6 Å². The van der Waals surface area contributed by atoms with Gasteiger partial charge in [0.15, 0.2) is 0 Å². The number of furan rings is 1. The Kier molecular flexibility index (Phi) is 5.80. The number of carbonyl (C=O) groups is 2. The molecule has 0 bridgehead atoms. The molecule has 1 saturated carbocycles. The van der Waals surface area contributed by atoms with Crippen LogP contribution in [0.3, 0.4) is 0 Å². The molecule has 0 radical (unpaired) electrons. The van der Waals surface area contributed by atoms with Crippen molar-refractivity contribution in [3.05, 3.63) is 77.6 Å². The Balaban J connectivity index is 1.23. The first kappa shape index (κ1) is 20.6. The van der Waals surface area contributed by atoms with E-state index in [1.54, 1.807) is 0 Å². The fourth-order valence-electron chi connectivity index (χ4n) is 4.45. The summed E-state index contributed by atoms with van der Waals surface area (Å²) in [6.45, 7) is 1.36. The van der Waals surface area contributed by atoms with Crippen molar-refractivity contribution in [1.29, 1.82) is 0 Å². The van der Waals surface area contributed by atoms with Gasteiger partial charge in [-0.25, -0.2) is 0 Å². The van der Waals surface area contributed by atoms with Crippen molar-refractivity contribution in [1.82, 2.24) is 4.90 Å². The molecule has 5 nitrogen and oxygen atoms in total. The Labute approximate surface area is 188 Å². The molecule has 1 aliphatic heterocycles. The largest absolute Gasteiger partial charge is 0.461 e. The summed E-state index contributed by atoms with van der Waals surface area (Å²) in [5.41, 5.74) is 3.94. The van der Waals surface area contributed by atoms with E-state index in [0.717, 1.165) is 59.7 Å². The van der Waals surface area contributed by atoms with E-state index in [-0.39, 0.29) is 11.8 Å². The SMILES string of the molecule is O=C(CCc1ccccc1)Nc1cccc(-c2cc3c(o2)CCN(C(=O)C2CCC2)C3)c1. The highest BCUT2D eigenvalue weighted by atomic mass is 16.3. The maximum Gasteiger partial charge on any atom is 0.225 e. The first-order valence-corrected chi connectivity index (χ1v) is 11.5. The predicted molar refractivity (Wildman–Crippen MR) is 124 cm³/mol. The molecule has 1 fully saturated rings. The lowest BCUT2D eigenvalue weighted by Gasteiger charge is -2.33. The number of nitrogens with one attached hydrogen (secondary N) is 1. The van der Waals surface area contributed by atoms with Gasteiger partial charge in [-0.15, -0.1) is 0 Å². The Morgan fingerprint density at radius 2 is 1.88 bits per heavy atom. The molecule has 2 heterocycles. The van der Waals surface area contributed by atoms with Crippen LogP contribution in [-0.4, -0.2) is 23.3 Å². The lowest BCUT2D eigenvalue weighted by Crippen LogP contribution is -2.41. The van der Waals surface area contributed by atoms with Gasteiger partial charge in [0.25, 0.3) is 0 Å². The maximum absolute atomic E-state index is 12.6. The van der Waals surface area contributed by atoms with Crippen molar-refractivity contribution < 1.29 is 14.0 Å². The van der Waals surface area contributed by atoms with Gasteiger partial charge in [-0.1, -0.05) is 48.9 Å². The van der Waals surface area contributed by atoms with E-state index in [9.17, 15) is 9.59 Å². The second kappa shape index (κ2) is 9.03. The van der Waals surface area contributed by atoms with Crippen LogP contribution in [0, 0.1) is 5.92 Å². The predicted octanol–water partition coefficient (Wildman–Crippen LogP) is 5.20. The first-order chi connectivity index (χ1) is 15.7. The molecular formula is C27H28N2O3. The summed E-state index contributed by atoms with van der Waals surface area (Å²) in [4.78, 5) is 27.0. The normalized spacial score (nSPS) is 15.7. The molecular weight excluding hydrogens is 400 g/mol. The average molecular weight is 429 g/mol. The van der Waals surface area contributed by atoms with Crippen LogP contribution < -0.4 is 5.32 Å². The molecule has 1 aromatic heterocycles. The van der Waals surface area contributed by atoms with Crippen molar-refractivity contribution in [3.8, 4) is 11.3 Å². The van der Waals surface area contributed by atoms with Gasteiger partial charge in [-0.05, 0) is 43.0 Å². The number of hydrogen-bond donors (Lipinski definition) is 1. The third-order valence-electron chi connectivity index (χ3n) is 6.55. The molecule has 5 heteroatoms. The van der Waals surface area contributed by atoms with Crippen molar-refractivity contribution in [2.75, 3.05) is 11.9 Å². The van der Waals surface area contributed by atoms with Gasteiger partial charge in [0.05, 0.1) is 0 Å². The monoisotopic (exact) mass is 428 g/mol. The zero-order valence-electron chi connectivity index (χ0n) is 18.2. The number of anilines is 1. The summed E-state index contributed by atoms with van der Waals surface area (Å²) in [5, 5.41) is 3.00. The third-order valence-corrected chi connectivity index (χ3v) is 6.55. The van der Waals surface area contributed by atoms with Crippen LogP contribution in [0.15, 0.2) is 65.1 Å². The van der Waals surface area contributed by atoms with Crippen LogP contribution in [0.2, 0.25) is 0 Å². The summed E-state index contributed by atoms with van der Waals surface area (Å²) in [5.74, 6) is 2.27. The van der Waals surface area contributed by atoms with Crippen LogP contribution in [-0.2, 0) is 29.0 Å². The van der Waals surface area contributed by atoms with Crippen LogP contribution in [0.5, 0.6) is 0 Å². The zero-order chi connectivity index (χ0) is 21.9.